The molecule has 1 saturated heterocycles. The Morgan fingerprint density at radius 2 is 2.00 bits per heavy atom. The molecular formula is C7H14N2O4S. The van der Waals surface area contributed by atoms with Gasteiger partial charge in [0, 0.05) is 12.1 Å². The number of nitrogens with one attached hydrogen (secondary N) is 1. The fraction of sp³-hybridized carbons (Fsp3) is 0.857. The van der Waals surface area contributed by atoms with E-state index in [1.165, 1.54) is 0 Å². The van der Waals surface area contributed by atoms with Crippen molar-refractivity contribution in [3.05, 3.63) is 0 Å². The van der Waals surface area contributed by atoms with Crippen molar-refractivity contribution in [2.45, 2.75) is 32.4 Å². The number of hydrogen-bond donors (Lipinski definition) is 2. The molecule has 0 aromatic rings. The van der Waals surface area contributed by atoms with Crippen molar-refractivity contribution in [1.29, 1.82) is 0 Å². The Balaban J connectivity index is 3.12. The van der Waals surface area contributed by atoms with Crippen LogP contribution in [0.25, 0.3) is 0 Å². The normalized spacial score (nSPS) is 27.8. The minimum absolute atomic E-state index is 0.0745. The molecule has 0 bridgehead atoms. The monoisotopic (exact) mass is 222 g/mol. The van der Waals surface area contributed by atoms with Crippen molar-refractivity contribution >= 4 is 16.2 Å². The van der Waals surface area contributed by atoms with E-state index in [2.05, 4.69) is 4.72 Å². The van der Waals surface area contributed by atoms with Crippen molar-refractivity contribution in [2.75, 3.05) is 6.54 Å². The van der Waals surface area contributed by atoms with Gasteiger partial charge in [0.1, 0.15) is 6.04 Å². The smallest absolute Gasteiger partial charge is 0.323 e. The summed E-state index contributed by atoms with van der Waals surface area (Å²) in [5.74, 6) is -1.13. The van der Waals surface area contributed by atoms with Gasteiger partial charge in [-0.25, -0.2) is 0 Å². The molecule has 6 nitrogen and oxygen atoms in total. The van der Waals surface area contributed by atoms with Crippen LogP contribution in [-0.4, -0.2) is 41.9 Å². The molecule has 0 spiro atoms. The van der Waals surface area contributed by atoms with Crippen LogP contribution in [0.15, 0.2) is 0 Å². The Labute approximate surface area is 83.1 Å². The van der Waals surface area contributed by atoms with Crippen LogP contribution < -0.4 is 4.72 Å². The van der Waals surface area contributed by atoms with E-state index < -0.39 is 27.8 Å². The van der Waals surface area contributed by atoms with Crippen molar-refractivity contribution in [1.82, 2.24) is 9.03 Å². The van der Waals surface area contributed by atoms with Crippen molar-refractivity contribution in [3.63, 3.8) is 0 Å². The molecule has 1 atom stereocenters. The Bertz CT molecular complexity index is 343. The Hall–Kier alpha value is -0.660. The third kappa shape index (κ3) is 1.89. The van der Waals surface area contributed by atoms with E-state index in [1.807, 2.05) is 0 Å². The quantitative estimate of drug-likeness (QED) is 0.619. The molecule has 0 amide bonds. The summed E-state index contributed by atoms with van der Waals surface area (Å²) >= 11 is 0. The van der Waals surface area contributed by atoms with Gasteiger partial charge in [-0.2, -0.15) is 17.4 Å². The van der Waals surface area contributed by atoms with Gasteiger partial charge < -0.3 is 5.11 Å². The Morgan fingerprint density at radius 1 is 1.50 bits per heavy atom. The zero-order valence-corrected chi connectivity index (χ0v) is 9.13. The standard InChI is InChI=1S/C7H14N2O4S/c1-7(2,3)9-5(6(10)11)4-8-14(9,12)13/h5,8H,4H2,1-3H3,(H,10,11). The number of carboxylic acids is 1. The molecule has 0 saturated carbocycles. The van der Waals surface area contributed by atoms with Gasteiger partial charge in [0.05, 0.1) is 0 Å². The second kappa shape index (κ2) is 3.18. The van der Waals surface area contributed by atoms with E-state index in [4.69, 9.17) is 5.11 Å². The van der Waals surface area contributed by atoms with Crippen molar-refractivity contribution in [3.8, 4) is 0 Å². The lowest BCUT2D eigenvalue weighted by molar-refractivity contribution is -0.141. The maximum absolute atomic E-state index is 11.5. The number of aliphatic carboxylic acids is 1. The Kier molecular flexibility index (Phi) is 2.59. The first-order valence-electron chi connectivity index (χ1n) is 4.18. The first-order valence-corrected chi connectivity index (χ1v) is 5.62. The SMILES string of the molecule is CC(C)(C)N1C(C(=O)O)CNS1(=O)=O. The summed E-state index contributed by atoms with van der Waals surface area (Å²) in [5.41, 5.74) is -0.731. The molecule has 1 fully saturated rings. The van der Waals surface area contributed by atoms with Gasteiger partial charge in [0.2, 0.25) is 0 Å². The molecule has 0 aromatic heterocycles. The second-order valence-corrected chi connectivity index (χ2v) is 5.81. The number of nitrogens with zero attached hydrogens (tertiary/aromatic N) is 1. The zero-order chi connectivity index (χ0) is 11.1. The van der Waals surface area contributed by atoms with Gasteiger partial charge in [-0.3, -0.25) is 4.79 Å². The molecular weight excluding hydrogens is 208 g/mol. The van der Waals surface area contributed by atoms with Crippen LogP contribution in [0.3, 0.4) is 0 Å². The van der Waals surface area contributed by atoms with Crippen LogP contribution in [0.2, 0.25) is 0 Å². The highest BCUT2D eigenvalue weighted by Crippen LogP contribution is 2.24. The average Bonchev–Trinajstić information content (AvgIpc) is 2.23. The highest BCUT2D eigenvalue weighted by molar-refractivity contribution is 7.87. The van der Waals surface area contributed by atoms with Gasteiger partial charge >= 0.3 is 5.97 Å². The van der Waals surface area contributed by atoms with Gasteiger partial charge in [-0.15, -0.1) is 0 Å². The lowest BCUT2D eigenvalue weighted by Crippen LogP contribution is -2.50. The maximum Gasteiger partial charge on any atom is 0.323 e. The molecule has 0 aromatic carbocycles. The molecule has 0 aliphatic carbocycles. The second-order valence-electron chi connectivity index (χ2n) is 4.17. The molecule has 7 heteroatoms. The van der Waals surface area contributed by atoms with Crippen molar-refractivity contribution < 1.29 is 18.3 Å². The van der Waals surface area contributed by atoms with Gasteiger partial charge in [-0.05, 0) is 20.8 Å². The van der Waals surface area contributed by atoms with Crippen LogP contribution in [0.5, 0.6) is 0 Å². The van der Waals surface area contributed by atoms with Gasteiger partial charge in [0.15, 0.2) is 0 Å². The van der Waals surface area contributed by atoms with Gasteiger partial charge in [-0.1, -0.05) is 0 Å². The summed E-state index contributed by atoms with van der Waals surface area (Å²) < 4.78 is 26.1. The molecule has 1 aliphatic heterocycles. The summed E-state index contributed by atoms with van der Waals surface area (Å²) in [6, 6.07) is -1.01. The fourth-order valence-corrected chi connectivity index (χ4v) is 3.25. The largest absolute Gasteiger partial charge is 0.480 e. The first kappa shape index (κ1) is 11.4. The summed E-state index contributed by atoms with van der Waals surface area (Å²) in [6.45, 7) is 4.91. The molecule has 2 N–H and O–H groups in total. The van der Waals surface area contributed by atoms with Crippen LogP contribution in [0, 0.1) is 0 Å². The topological polar surface area (TPSA) is 86.7 Å². The van der Waals surface area contributed by atoms with Crippen LogP contribution in [0.4, 0.5) is 0 Å². The number of hydrogen-bond acceptors (Lipinski definition) is 3. The minimum atomic E-state index is -3.64. The van der Waals surface area contributed by atoms with Crippen LogP contribution >= 0.6 is 0 Å². The van der Waals surface area contributed by atoms with E-state index >= 15 is 0 Å². The van der Waals surface area contributed by atoms with Gasteiger partial charge in [0.25, 0.3) is 10.2 Å². The average molecular weight is 222 g/mol. The predicted molar refractivity (Wildman–Crippen MR) is 49.9 cm³/mol. The number of rotatable bonds is 1. The maximum atomic E-state index is 11.5. The van der Waals surface area contributed by atoms with E-state index in [0.717, 1.165) is 4.31 Å². The summed E-state index contributed by atoms with van der Waals surface area (Å²) in [6.07, 6.45) is 0. The third-order valence-electron chi connectivity index (χ3n) is 1.95. The minimum Gasteiger partial charge on any atom is -0.480 e. The van der Waals surface area contributed by atoms with E-state index in [1.54, 1.807) is 20.8 Å². The summed E-state index contributed by atoms with van der Waals surface area (Å²) in [7, 11) is -3.64. The van der Waals surface area contributed by atoms with E-state index in [-0.39, 0.29) is 6.54 Å². The number of carboxylic acid groups (broad SMARTS) is 1. The highest BCUT2D eigenvalue weighted by Gasteiger charge is 2.47. The number of carbonyl (C=O) groups is 1. The predicted octanol–water partition coefficient (Wildman–Crippen LogP) is -0.612. The lowest BCUT2D eigenvalue weighted by atomic mass is 10.1. The summed E-state index contributed by atoms with van der Waals surface area (Å²) in [5, 5.41) is 8.83. The molecule has 14 heavy (non-hydrogen) atoms. The molecule has 0 radical (unpaired) electrons. The van der Waals surface area contributed by atoms with E-state index in [0.29, 0.717) is 0 Å². The van der Waals surface area contributed by atoms with Crippen LogP contribution in [-0.2, 0) is 15.0 Å². The zero-order valence-electron chi connectivity index (χ0n) is 8.31. The Morgan fingerprint density at radius 3 is 2.29 bits per heavy atom. The molecule has 1 aliphatic rings. The lowest BCUT2D eigenvalue weighted by Gasteiger charge is -2.32. The van der Waals surface area contributed by atoms with E-state index in [9.17, 15) is 13.2 Å². The highest BCUT2D eigenvalue weighted by atomic mass is 32.2. The molecule has 1 heterocycles. The molecule has 82 valence electrons. The third-order valence-corrected chi connectivity index (χ3v) is 3.80. The fourth-order valence-electron chi connectivity index (χ4n) is 1.52. The molecule has 1 unspecified atom stereocenters. The molecule has 1 rings (SSSR count). The van der Waals surface area contributed by atoms with Crippen LogP contribution in [0.1, 0.15) is 20.8 Å². The first-order chi connectivity index (χ1) is 6.16. The van der Waals surface area contributed by atoms with Crippen molar-refractivity contribution in [2.24, 2.45) is 0 Å². The summed E-state index contributed by atoms with van der Waals surface area (Å²) in [4.78, 5) is 10.8.